The summed E-state index contributed by atoms with van der Waals surface area (Å²) in [7, 11) is 0. The number of hydrogen-bond donors (Lipinski definition) is 1. The van der Waals surface area contributed by atoms with Crippen molar-refractivity contribution in [2.45, 2.75) is 75.7 Å². The summed E-state index contributed by atoms with van der Waals surface area (Å²) in [6, 6.07) is 0. The second-order valence-electron chi connectivity index (χ2n) is 6.01. The predicted octanol–water partition coefficient (Wildman–Crippen LogP) is 3.66. The van der Waals surface area contributed by atoms with Crippen molar-refractivity contribution in [3.8, 4) is 0 Å². The van der Waals surface area contributed by atoms with Crippen molar-refractivity contribution in [1.82, 2.24) is 10.1 Å². The SMILES string of the molecule is Cl.NC1(c2noc(C3CCCC3)n2)CCCCCC1. The summed E-state index contributed by atoms with van der Waals surface area (Å²) in [4.78, 5) is 4.63. The van der Waals surface area contributed by atoms with Crippen LogP contribution in [0.15, 0.2) is 4.52 Å². The predicted molar refractivity (Wildman–Crippen MR) is 76.3 cm³/mol. The molecule has 0 radical (unpaired) electrons. The van der Waals surface area contributed by atoms with Gasteiger partial charge in [0.05, 0.1) is 5.54 Å². The fraction of sp³-hybridized carbons (Fsp3) is 0.857. The topological polar surface area (TPSA) is 64.9 Å². The Bertz CT molecular complexity index is 393. The monoisotopic (exact) mass is 285 g/mol. The summed E-state index contributed by atoms with van der Waals surface area (Å²) in [6.45, 7) is 0. The fourth-order valence-electron chi connectivity index (χ4n) is 3.36. The molecule has 0 bridgehead atoms. The van der Waals surface area contributed by atoms with Crippen LogP contribution in [0.2, 0.25) is 0 Å². The maximum atomic E-state index is 6.51. The van der Waals surface area contributed by atoms with Gasteiger partial charge in [0.2, 0.25) is 5.89 Å². The molecule has 1 aromatic heterocycles. The van der Waals surface area contributed by atoms with E-state index in [4.69, 9.17) is 10.3 Å². The third kappa shape index (κ3) is 3.11. The minimum atomic E-state index is -0.336. The second kappa shape index (κ2) is 6.23. The molecule has 0 unspecified atom stereocenters. The third-order valence-electron chi connectivity index (χ3n) is 4.59. The van der Waals surface area contributed by atoms with E-state index < -0.39 is 0 Å². The molecule has 0 saturated heterocycles. The van der Waals surface area contributed by atoms with E-state index in [-0.39, 0.29) is 17.9 Å². The molecule has 5 heteroatoms. The smallest absolute Gasteiger partial charge is 0.229 e. The van der Waals surface area contributed by atoms with E-state index in [2.05, 4.69) is 10.1 Å². The molecule has 4 nitrogen and oxygen atoms in total. The summed E-state index contributed by atoms with van der Waals surface area (Å²) in [6.07, 6.45) is 11.9. The van der Waals surface area contributed by atoms with E-state index >= 15 is 0 Å². The number of rotatable bonds is 2. The van der Waals surface area contributed by atoms with Crippen molar-refractivity contribution < 1.29 is 4.52 Å². The van der Waals surface area contributed by atoms with Crippen LogP contribution in [0.5, 0.6) is 0 Å². The van der Waals surface area contributed by atoms with Gasteiger partial charge in [-0.3, -0.25) is 0 Å². The first-order valence-corrected chi connectivity index (χ1v) is 7.41. The molecule has 2 saturated carbocycles. The Balaban J connectivity index is 0.00000133. The normalized spacial score (nSPS) is 23.8. The highest BCUT2D eigenvalue weighted by atomic mass is 35.5. The summed E-state index contributed by atoms with van der Waals surface area (Å²) in [5, 5.41) is 4.19. The molecule has 2 aliphatic rings. The lowest BCUT2D eigenvalue weighted by molar-refractivity contribution is 0.317. The molecule has 108 valence electrons. The average molecular weight is 286 g/mol. The molecule has 0 aliphatic heterocycles. The third-order valence-corrected chi connectivity index (χ3v) is 4.59. The maximum Gasteiger partial charge on any atom is 0.229 e. The highest BCUT2D eigenvalue weighted by Crippen LogP contribution is 2.36. The highest BCUT2D eigenvalue weighted by molar-refractivity contribution is 5.85. The largest absolute Gasteiger partial charge is 0.339 e. The molecule has 0 spiro atoms. The number of halogens is 1. The van der Waals surface area contributed by atoms with Crippen molar-refractivity contribution >= 4 is 12.4 Å². The second-order valence-corrected chi connectivity index (χ2v) is 6.01. The molecule has 19 heavy (non-hydrogen) atoms. The lowest BCUT2D eigenvalue weighted by Gasteiger charge is -2.23. The van der Waals surface area contributed by atoms with Crippen molar-refractivity contribution in [3.63, 3.8) is 0 Å². The van der Waals surface area contributed by atoms with Crippen LogP contribution in [-0.2, 0) is 5.54 Å². The minimum Gasteiger partial charge on any atom is -0.339 e. The van der Waals surface area contributed by atoms with Gasteiger partial charge in [0.1, 0.15) is 0 Å². The van der Waals surface area contributed by atoms with Gasteiger partial charge in [0.25, 0.3) is 0 Å². The zero-order chi connectivity index (χ0) is 12.4. The number of nitrogens with two attached hydrogens (primary N) is 1. The molecule has 1 aromatic rings. The van der Waals surface area contributed by atoms with Crippen molar-refractivity contribution in [2.75, 3.05) is 0 Å². The first-order chi connectivity index (χ1) is 8.78. The zero-order valence-electron chi connectivity index (χ0n) is 11.4. The number of hydrogen-bond acceptors (Lipinski definition) is 4. The number of nitrogens with zero attached hydrogens (tertiary/aromatic N) is 2. The van der Waals surface area contributed by atoms with Gasteiger partial charge in [-0.25, -0.2) is 0 Å². The van der Waals surface area contributed by atoms with Gasteiger partial charge in [-0.05, 0) is 25.7 Å². The van der Waals surface area contributed by atoms with Gasteiger partial charge < -0.3 is 10.3 Å². The van der Waals surface area contributed by atoms with Crippen molar-refractivity contribution in [3.05, 3.63) is 11.7 Å². The summed E-state index contributed by atoms with van der Waals surface area (Å²) >= 11 is 0. The van der Waals surface area contributed by atoms with E-state index in [0.29, 0.717) is 5.92 Å². The Kier molecular flexibility index (Phi) is 4.85. The van der Waals surface area contributed by atoms with Crippen LogP contribution >= 0.6 is 12.4 Å². The van der Waals surface area contributed by atoms with Gasteiger partial charge in [0.15, 0.2) is 5.82 Å². The van der Waals surface area contributed by atoms with Crippen LogP contribution in [0.25, 0.3) is 0 Å². The van der Waals surface area contributed by atoms with Crippen molar-refractivity contribution in [1.29, 1.82) is 0 Å². The van der Waals surface area contributed by atoms with E-state index in [9.17, 15) is 0 Å². The summed E-state index contributed by atoms with van der Waals surface area (Å²) in [5.74, 6) is 2.07. The Labute approximate surface area is 120 Å². The molecule has 0 aromatic carbocycles. The molecule has 2 N–H and O–H groups in total. The Morgan fingerprint density at radius 2 is 1.63 bits per heavy atom. The Morgan fingerprint density at radius 3 is 2.26 bits per heavy atom. The molecular weight excluding hydrogens is 262 g/mol. The minimum absolute atomic E-state index is 0. The molecule has 3 rings (SSSR count). The molecule has 2 fully saturated rings. The molecular formula is C14H24ClN3O. The lowest BCUT2D eigenvalue weighted by Crippen LogP contribution is -2.37. The van der Waals surface area contributed by atoms with Crippen LogP contribution in [0.4, 0.5) is 0 Å². The highest BCUT2D eigenvalue weighted by Gasteiger charge is 2.34. The van der Waals surface area contributed by atoms with E-state index in [0.717, 1.165) is 24.6 Å². The average Bonchev–Trinajstić information content (AvgIpc) is 3.00. The van der Waals surface area contributed by atoms with E-state index in [1.54, 1.807) is 0 Å². The molecule has 1 heterocycles. The zero-order valence-corrected chi connectivity index (χ0v) is 12.3. The maximum absolute atomic E-state index is 6.51. The summed E-state index contributed by atoms with van der Waals surface area (Å²) in [5.41, 5.74) is 6.17. The van der Waals surface area contributed by atoms with Crippen LogP contribution in [0.3, 0.4) is 0 Å². The summed E-state index contributed by atoms with van der Waals surface area (Å²) < 4.78 is 5.47. The van der Waals surface area contributed by atoms with Crippen LogP contribution < -0.4 is 5.73 Å². The first-order valence-electron chi connectivity index (χ1n) is 7.41. The molecule has 0 atom stereocenters. The van der Waals surface area contributed by atoms with Crippen molar-refractivity contribution in [2.24, 2.45) is 5.73 Å². The van der Waals surface area contributed by atoms with Gasteiger partial charge in [-0.15, -0.1) is 12.4 Å². The van der Waals surface area contributed by atoms with Gasteiger partial charge in [0, 0.05) is 5.92 Å². The standard InChI is InChI=1S/C14H23N3O.ClH/c15-14(9-5-1-2-6-10-14)13-16-12(18-17-13)11-7-3-4-8-11;/h11H,1-10,15H2;1H. The fourth-order valence-corrected chi connectivity index (χ4v) is 3.36. The van der Waals surface area contributed by atoms with E-state index in [1.165, 1.54) is 51.4 Å². The van der Waals surface area contributed by atoms with Crippen LogP contribution in [0.1, 0.15) is 81.8 Å². The Morgan fingerprint density at radius 1 is 1.00 bits per heavy atom. The van der Waals surface area contributed by atoms with Gasteiger partial charge in [-0.1, -0.05) is 43.7 Å². The molecule has 2 aliphatic carbocycles. The first kappa shape index (κ1) is 14.8. The van der Waals surface area contributed by atoms with E-state index in [1.807, 2.05) is 0 Å². The lowest BCUT2D eigenvalue weighted by atomic mass is 9.91. The van der Waals surface area contributed by atoms with Crippen LogP contribution in [-0.4, -0.2) is 10.1 Å². The Hall–Kier alpha value is -0.610. The number of aromatic nitrogens is 2. The molecule has 0 amide bonds. The van der Waals surface area contributed by atoms with Gasteiger partial charge in [-0.2, -0.15) is 4.98 Å². The van der Waals surface area contributed by atoms with Crippen LogP contribution in [0, 0.1) is 0 Å². The van der Waals surface area contributed by atoms with Gasteiger partial charge >= 0.3 is 0 Å². The quantitative estimate of drug-likeness (QED) is 0.842.